The molecule has 1 saturated heterocycles. The molecular formula is C23H24N2O5S2. The number of nitrogens with zero attached hydrogens (tertiary/aromatic N) is 2. The molecule has 9 heteroatoms. The number of hydrogen-bond donors (Lipinski definition) is 1. The lowest BCUT2D eigenvalue weighted by Crippen LogP contribution is -2.42. The first-order valence-electron chi connectivity index (χ1n) is 9.86. The number of thioether (sulfide) groups is 1. The van der Waals surface area contributed by atoms with Crippen molar-refractivity contribution in [3.8, 4) is 11.5 Å². The second-order valence-electron chi connectivity index (χ2n) is 6.91. The van der Waals surface area contributed by atoms with Crippen LogP contribution in [0.1, 0.15) is 11.1 Å². The van der Waals surface area contributed by atoms with Crippen LogP contribution in [0.25, 0.3) is 6.08 Å². The van der Waals surface area contributed by atoms with Crippen molar-refractivity contribution in [1.29, 1.82) is 0 Å². The number of methoxy groups -OCH3 is 2. The fraction of sp³-hybridized carbons (Fsp3) is 0.261. The topological polar surface area (TPSA) is 79.3 Å². The molecule has 1 aliphatic heterocycles. The van der Waals surface area contributed by atoms with Gasteiger partial charge < -0.3 is 19.5 Å². The molecule has 2 aromatic rings. The quantitative estimate of drug-likeness (QED) is 0.444. The number of aliphatic hydroxyl groups excluding tert-OH is 1. The van der Waals surface area contributed by atoms with Crippen LogP contribution in [0, 0.1) is 0 Å². The van der Waals surface area contributed by atoms with Gasteiger partial charge in [-0.25, -0.2) is 0 Å². The predicted octanol–water partition coefficient (Wildman–Crippen LogP) is 2.93. The first kappa shape index (κ1) is 23.8. The molecule has 0 aromatic heterocycles. The summed E-state index contributed by atoms with van der Waals surface area (Å²) in [6, 6.07) is 14.8. The number of benzene rings is 2. The van der Waals surface area contributed by atoms with Gasteiger partial charge in [-0.15, -0.1) is 0 Å². The summed E-state index contributed by atoms with van der Waals surface area (Å²) in [5.41, 5.74) is 1.69. The highest BCUT2D eigenvalue weighted by atomic mass is 32.2. The molecule has 1 aliphatic rings. The minimum absolute atomic E-state index is 0.170. The van der Waals surface area contributed by atoms with Gasteiger partial charge in [-0.3, -0.25) is 14.5 Å². The predicted molar refractivity (Wildman–Crippen MR) is 128 cm³/mol. The number of carbonyl (C=O) groups is 2. The van der Waals surface area contributed by atoms with E-state index in [4.69, 9.17) is 21.7 Å². The standard InChI is InChI=1S/C23H24N2O5S2/c1-29-18-9-8-17(12-19(18)30-2)13-20-22(28)25(23(31)32-20)15-21(27)24(10-11-26)14-16-6-4-3-5-7-16/h3-9,12-13,26H,10-11,14-15H2,1-2H3/b20-13-. The zero-order chi connectivity index (χ0) is 23.1. The molecule has 3 rings (SSSR count). The van der Waals surface area contributed by atoms with E-state index in [1.165, 1.54) is 9.80 Å². The summed E-state index contributed by atoms with van der Waals surface area (Å²) in [6.07, 6.45) is 1.71. The zero-order valence-corrected chi connectivity index (χ0v) is 19.4. The second kappa shape index (κ2) is 11.1. The molecule has 32 heavy (non-hydrogen) atoms. The van der Waals surface area contributed by atoms with Gasteiger partial charge in [0.25, 0.3) is 5.91 Å². The Bertz CT molecular complexity index is 1030. The molecule has 1 fully saturated rings. The van der Waals surface area contributed by atoms with Crippen LogP contribution in [0.5, 0.6) is 11.5 Å². The van der Waals surface area contributed by atoms with Crippen LogP contribution in [-0.4, -0.2) is 65.0 Å². The number of amides is 2. The largest absolute Gasteiger partial charge is 0.493 e. The fourth-order valence-electron chi connectivity index (χ4n) is 3.18. The number of ether oxygens (including phenoxy) is 2. The highest BCUT2D eigenvalue weighted by Gasteiger charge is 2.34. The Labute approximate surface area is 196 Å². The summed E-state index contributed by atoms with van der Waals surface area (Å²) >= 11 is 6.51. The van der Waals surface area contributed by atoms with E-state index >= 15 is 0 Å². The summed E-state index contributed by atoms with van der Waals surface area (Å²) < 4.78 is 10.9. The first-order valence-corrected chi connectivity index (χ1v) is 11.1. The van der Waals surface area contributed by atoms with Crippen molar-refractivity contribution >= 4 is 46.2 Å². The maximum Gasteiger partial charge on any atom is 0.266 e. The monoisotopic (exact) mass is 472 g/mol. The Morgan fingerprint density at radius 2 is 1.88 bits per heavy atom. The molecule has 0 aliphatic carbocycles. The lowest BCUT2D eigenvalue weighted by atomic mass is 10.2. The van der Waals surface area contributed by atoms with E-state index in [1.807, 2.05) is 36.4 Å². The Hall–Kier alpha value is -2.88. The van der Waals surface area contributed by atoms with Gasteiger partial charge >= 0.3 is 0 Å². The molecule has 0 bridgehead atoms. The number of hydrogen-bond acceptors (Lipinski definition) is 7. The SMILES string of the molecule is COc1ccc(/C=C2\SC(=S)N(CC(=O)N(CCO)Cc3ccccc3)C2=O)cc1OC. The van der Waals surface area contributed by atoms with Crippen LogP contribution in [0.15, 0.2) is 53.4 Å². The third-order valence-electron chi connectivity index (χ3n) is 4.81. The average molecular weight is 473 g/mol. The van der Waals surface area contributed by atoms with Crippen molar-refractivity contribution in [3.63, 3.8) is 0 Å². The lowest BCUT2D eigenvalue weighted by molar-refractivity contribution is -0.136. The summed E-state index contributed by atoms with van der Waals surface area (Å²) in [6.45, 7) is 0.164. The summed E-state index contributed by atoms with van der Waals surface area (Å²) in [5, 5.41) is 9.38. The molecule has 0 spiro atoms. The summed E-state index contributed by atoms with van der Waals surface area (Å²) in [7, 11) is 3.10. The zero-order valence-electron chi connectivity index (χ0n) is 17.8. The van der Waals surface area contributed by atoms with Crippen molar-refractivity contribution in [1.82, 2.24) is 9.80 Å². The van der Waals surface area contributed by atoms with E-state index < -0.39 is 0 Å². The van der Waals surface area contributed by atoms with E-state index in [2.05, 4.69) is 0 Å². The lowest BCUT2D eigenvalue weighted by Gasteiger charge is -2.24. The highest BCUT2D eigenvalue weighted by Crippen LogP contribution is 2.34. The van der Waals surface area contributed by atoms with Crippen molar-refractivity contribution in [3.05, 3.63) is 64.6 Å². The molecule has 2 aromatic carbocycles. The molecule has 1 heterocycles. The molecule has 0 saturated carbocycles. The van der Waals surface area contributed by atoms with Crippen molar-refractivity contribution in [2.24, 2.45) is 0 Å². The minimum Gasteiger partial charge on any atom is -0.493 e. The second-order valence-corrected chi connectivity index (χ2v) is 8.58. The molecule has 0 radical (unpaired) electrons. The van der Waals surface area contributed by atoms with Crippen LogP contribution in [-0.2, 0) is 16.1 Å². The first-order chi connectivity index (χ1) is 15.5. The maximum atomic E-state index is 12.9. The van der Waals surface area contributed by atoms with Crippen LogP contribution in [0.3, 0.4) is 0 Å². The number of carbonyl (C=O) groups excluding carboxylic acids is 2. The Balaban J connectivity index is 1.73. The maximum absolute atomic E-state index is 12.9. The van der Waals surface area contributed by atoms with Crippen molar-refractivity contribution < 1.29 is 24.2 Å². The van der Waals surface area contributed by atoms with E-state index in [0.29, 0.717) is 27.3 Å². The molecule has 2 amide bonds. The number of aliphatic hydroxyl groups is 1. The Morgan fingerprint density at radius 1 is 1.16 bits per heavy atom. The van der Waals surface area contributed by atoms with E-state index in [-0.39, 0.29) is 31.5 Å². The van der Waals surface area contributed by atoms with E-state index in [1.54, 1.807) is 32.4 Å². The normalized spacial score (nSPS) is 14.7. The minimum atomic E-state index is -0.327. The third kappa shape index (κ3) is 5.67. The van der Waals surface area contributed by atoms with Gasteiger partial charge in [0, 0.05) is 13.1 Å². The van der Waals surface area contributed by atoms with Gasteiger partial charge in [0.1, 0.15) is 10.9 Å². The Kier molecular flexibility index (Phi) is 8.26. The smallest absolute Gasteiger partial charge is 0.266 e. The van der Waals surface area contributed by atoms with Gasteiger partial charge in [-0.2, -0.15) is 0 Å². The third-order valence-corrected chi connectivity index (χ3v) is 6.19. The van der Waals surface area contributed by atoms with Crippen LogP contribution in [0.2, 0.25) is 0 Å². The van der Waals surface area contributed by atoms with Gasteiger partial charge in [0.15, 0.2) is 11.5 Å². The van der Waals surface area contributed by atoms with Gasteiger partial charge in [0.2, 0.25) is 5.91 Å². The van der Waals surface area contributed by atoms with Crippen molar-refractivity contribution in [2.45, 2.75) is 6.54 Å². The fourth-order valence-corrected chi connectivity index (χ4v) is 4.44. The Morgan fingerprint density at radius 3 is 2.53 bits per heavy atom. The molecule has 7 nitrogen and oxygen atoms in total. The van der Waals surface area contributed by atoms with Crippen LogP contribution >= 0.6 is 24.0 Å². The van der Waals surface area contributed by atoms with Crippen molar-refractivity contribution in [2.75, 3.05) is 33.9 Å². The van der Waals surface area contributed by atoms with E-state index in [9.17, 15) is 14.7 Å². The molecule has 0 unspecified atom stereocenters. The average Bonchev–Trinajstić information content (AvgIpc) is 3.06. The molecular weight excluding hydrogens is 448 g/mol. The molecule has 168 valence electrons. The molecule has 1 N–H and O–H groups in total. The van der Waals surface area contributed by atoms with Gasteiger partial charge in [0.05, 0.1) is 25.7 Å². The van der Waals surface area contributed by atoms with Gasteiger partial charge in [-0.1, -0.05) is 60.4 Å². The summed E-state index contributed by atoms with van der Waals surface area (Å²) in [4.78, 5) is 29.1. The van der Waals surface area contributed by atoms with Crippen LogP contribution < -0.4 is 9.47 Å². The van der Waals surface area contributed by atoms with E-state index in [0.717, 1.165) is 22.9 Å². The molecule has 0 atom stereocenters. The number of rotatable bonds is 9. The van der Waals surface area contributed by atoms with Crippen LogP contribution in [0.4, 0.5) is 0 Å². The summed E-state index contributed by atoms with van der Waals surface area (Å²) in [5.74, 6) is 0.524. The van der Waals surface area contributed by atoms with Gasteiger partial charge in [-0.05, 0) is 29.3 Å². The number of thiocarbonyl (C=S) groups is 1. The highest BCUT2D eigenvalue weighted by molar-refractivity contribution is 8.26.